The molecule has 4 aromatic carbocycles. The van der Waals surface area contributed by atoms with Crippen LogP contribution in [0, 0.1) is 6.92 Å². The van der Waals surface area contributed by atoms with Crippen LogP contribution < -0.4 is 0 Å². The lowest BCUT2D eigenvalue weighted by molar-refractivity contribution is -0.204. The standard InChI is InChI=1S/C34H36O4S/c1-26-17-19-30(20-18-26)39-33-21-31(36-23-28-13-7-3-8-14-28)34(37-24-29-15-9-4-10-16-29)32(38-33)25-35-22-27-11-5-2-6-12-27/h2-20,31-34H,21-25H2,1H3/t31-,32-,33?,34+/m1/s1. The van der Waals surface area contributed by atoms with E-state index in [1.165, 1.54) is 10.5 Å². The molecule has 0 aromatic heterocycles. The van der Waals surface area contributed by atoms with Crippen molar-refractivity contribution in [2.75, 3.05) is 6.61 Å². The first kappa shape index (κ1) is 27.6. The van der Waals surface area contributed by atoms with Crippen LogP contribution in [-0.4, -0.2) is 30.4 Å². The average molecular weight is 541 g/mol. The number of ether oxygens (including phenoxy) is 4. The van der Waals surface area contributed by atoms with E-state index < -0.39 is 0 Å². The summed E-state index contributed by atoms with van der Waals surface area (Å²) in [5.41, 5.74) is 4.58. The van der Waals surface area contributed by atoms with Crippen LogP contribution in [0.3, 0.4) is 0 Å². The van der Waals surface area contributed by atoms with Crippen LogP contribution in [0.15, 0.2) is 120 Å². The van der Waals surface area contributed by atoms with E-state index >= 15 is 0 Å². The monoisotopic (exact) mass is 540 g/mol. The van der Waals surface area contributed by atoms with Gasteiger partial charge in [0.05, 0.1) is 32.5 Å². The molecule has 1 aliphatic rings. The fourth-order valence-electron chi connectivity index (χ4n) is 4.66. The fraction of sp³-hybridized carbons (Fsp3) is 0.294. The quantitative estimate of drug-likeness (QED) is 0.185. The van der Waals surface area contributed by atoms with Gasteiger partial charge in [0.1, 0.15) is 17.6 Å². The second-order valence-electron chi connectivity index (χ2n) is 9.87. The lowest BCUT2D eigenvalue weighted by Crippen LogP contribution is -2.51. The second-order valence-corrected chi connectivity index (χ2v) is 11.1. The molecule has 0 amide bonds. The van der Waals surface area contributed by atoms with Crippen LogP contribution in [0.2, 0.25) is 0 Å². The lowest BCUT2D eigenvalue weighted by Gasteiger charge is -2.41. The molecule has 4 nitrogen and oxygen atoms in total. The molecule has 1 unspecified atom stereocenters. The van der Waals surface area contributed by atoms with Gasteiger partial charge in [-0.15, -0.1) is 0 Å². The number of thioether (sulfide) groups is 1. The van der Waals surface area contributed by atoms with Gasteiger partial charge in [0.25, 0.3) is 0 Å². The Labute approximate surface area is 236 Å². The highest BCUT2D eigenvalue weighted by atomic mass is 32.2. The van der Waals surface area contributed by atoms with Gasteiger partial charge in [-0.05, 0) is 35.7 Å². The minimum Gasteiger partial charge on any atom is -0.374 e. The molecule has 0 N–H and O–H groups in total. The van der Waals surface area contributed by atoms with Gasteiger partial charge in [0.2, 0.25) is 0 Å². The van der Waals surface area contributed by atoms with Gasteiger partial charge < -0.3 is 18.9 Å². The Bertz CT molecular complexity index is 1230. The maximum atomic E-state index is 6.67. The van der Waals surface area contributed by atoms with Crippen LogP contribution in [-0.2, 0) is 38.8 Å². The Hall–Kier alpha value is -2.93. The summed E-state index contributed by atoms with van der Waals surface area (Å²) in [5, 5.41) is 0. The molecule has 4 atom stereocenters. The van der Waals surface area contributed by atoms with Crippen molar-refractivity contribution >= 4 is 11.8 Å². The molecule has 1 heterocycles. The van der Waals surface area contributed by atoms with E-state index in [1.807, 2.05) is 54.6 Å². The van der Waals surface area contributed by atoms with Gasteiger partial charge in [0, 0.05) is 11.3 Å². The molecule has 0 saturated carbocycles. The van der Waals surface area contributed by atoms with Crippen molar-refractivity contribution in [3.05, 3.63) is 138 Å². The van der Waals surface area contributed by atoms with Gasteiger partial charge in [-0.2, -0.15) is 0 Å². The summed E-state index contributed by atoms with van der Waals surface area (Å²) in [7, 11) is 0. The molecule has 0 aliphatic carbocycles. The SMILES string of the molecule is Cc1ccc(SC2C[C@@H](OCc3ccccc3)[C@H](OCc3ccccc3)[C@@H](COCc3ccccc3)O2)cc1. The van der Waals surface area contributed by atoms with Crippen molar-refractivity contribution in [1.82, 2.24) is 0 Å². The zero-order valence-corrected chi connectivity index (χ0v) is 23.2. The Kier molecular flexibility index (Phi) is 10.2. The molecule has 0 radical (unpaired) electrons. The zero-order chi connectivity index (χ0) is 26.7. The summed E-state index contributed by atoms with van der Waals surface area (Å²) in [6, 6.07) is 39.4. The highest BCUT2D eigenvalue weighted by molar-refractivity contribution is 7.99. The van der Waals surface area contributed by atoms with Gasteiger partial charge in [0.15, 0.2) is 0 Å². The summed E-state index contributed by atoms with van der Waals surface area (Å²) in [5.74, 6) is 0. The van der Waals surface area contributed by atoms with Crippen molar-refractivity contribution in [2.24, 2.45) is 0 Å². The smallest absolute Gasteiger partial charge is 0.113 e. The first-order chi connectivity index (χ1) is 19.2. The first-order valence-electron chi connectivity index (χ1n) is 13.5. The number of aryl methyl sites for hydroxylation is 1. The molecule has 5 rings (SSSR count). The van der Waals surface area contributed by atoms with Crippen molar-refractivity contribution in [3.63, 3.8) is 0 Å². The zero-order valence-electron chi connectivity index (χ0n) is 22.4. The number of benzene rings is 4. The van der Waals surface area contributed by atoms with Crippen molar-refractivity contribution in [1.29, 1.82) is 0 Å². The molecule has 0 bridgehead atoms. The van der Waals surface area contributed by atoms with Crippen molar-refractivity contribution < 1.29 is 18.9 Å². The fourth-order valence-corrected chi connectivity index (χ4v) is 5.74. The average Bonchev–Trinajstić information content (AvgIpc) is 2.98. The third kappa shape index (κ3) is 8.53. The Balaban J connectivity index is 1.33. The Morgan fingerprint density at radius 1 is 0.667 bits per heavy atom. The normalized spacial score (nSPS) is 21.1. The molecule has 1 fully saturated rings. The Morgan fingerprint density at radius 3 is 1.79 bits per heavy atom. The van der Waals surface area contributed by atoms with Crippen molar-refractivity contribution in [3.8, 4) is 0 Å². The van der Waals surface area contributed by atoms with Gasteiger partial charge >= 0.3 is 0 Å². The van der Waals surface area contributed by atoms with Gasteiger partial charge in [-0.25, -0.2) is 0 Å². The molecule has 4 aromatic rings. The highest BCUT2D eigenvalue weighted by Gasteiger charge is 2.41. The maximum absolute atomic E-state index is 6.67. The number of rotatable bonds is 12. The minimum atomic E-state index is -0.269. The summed E-state index contributed by atoms with van der Waals surface area (Å²) >= 11 is 1.74. The van der Waals surface area contributed by atoms with Crippen LogP contribution in [0.1, 0.15) is 28.7 Å². The van der Waals surface area contributed by atoms with E-state index in [0.29, 0.717) is 26.4 Å². The van der Waals surface area contributed by atoms with E-state index in [4.69, 9.17) is 18.9 Å². The first-order valence-corrected chi connectivity index (χ1v) is 14.4. The topological polar surface area (TPSA) is 36.9 Å². The lowest BCUT2D eigenvalue weighted by atomic mass is 10.0. The molecule has 1 saturated heterocycles. The summed E-state index contributed by atoms with van der Waals surface area (Å²) in [4.78, 5) is 1.18. The highest BCUT2D eigenvalue weighted by Crippen LogP contribution is 2.36. The molecule has 1 aliphatic heterocycles. The van der Waals surface area contributed by atoms with Crippen LogP contribution in [0.4, 0.5) is 0 Å². The molecular weight excluding hydrogens is 504 g/mol. The van der Waals surface area contributed by atoms with E-state index in [-0.39, 0.29) is 23.7 Å². The molecule has 39 heavy (non-hydrogen) atoms. The van der Waals surface area contributed by atoms with E-state index in [0.717, 1.165) is 23.1 Å². The predicted molar refractivity (Wildman–Crippen MR) is 156 cm³/mol. The van der Waals surface area contributed by atoms with E-state index in [2.05, 4.69) is 67.6 Å². The van der Waals surface area contributed by atoms with Crippen LogP contribution >= 0.6 is 11.8 Å². The van der Waals surface area contributed by atoms with Gasteiger partial charge in [-0.3, -0.25) is 0 Å². The largest absolute Gasteiger partial charge is 0.374 e. The Morgan fingerprint density at radius 2 is 1.21 bits per heavy atom. The summed E-state index contributed by atoms with van der Waals surface area (Å²) in [6.07, 6.45) is 0.0467. The molecule has 202 valence electrons. The van der Waals surface area contributed by atoms with Crippen LogP contribution in [0.25, 0.3) is 0 Å². The third-order valence-electron chi connectivity index (χ3n) is 6.76. The van der Waals surface area contributed by atoms with E-state index in [9.17, 15) is 0 Å². The van der Waals surface area contributed by atoms with E-state index in [1.54, 1.807) is 11.8 Å². The molecule has 5 heteroatoms. The summed E-state index contributed by atoms with van der Waals surface area (Å²) < 4.78 is 26.0. The van der Waals surface area contributed by atoms with Crippen molar-refractivity contribution in [2.45, 2.75) is 61.8 Å². The third-order valence-corrected chi connectivity index (χ3v) is 7.87. The minimum absolute atomic E-state index is 0.0737. The second kappa shape index (κ2) is 14.5. The molecular formula is C34H36O4S. The predicted octanol–water partition coefficient (Wildman–Crippen LogP) is 7.59. The van der Waals surface area contributed by atoms with Crippen LogP contribution in [0.5, 0.6) is 0 Å². The number of hydrogen-bond donors (Lipinski definition) is 0. The maximum Gasteiger partial charge on any atom is 0.113 e. The molecule has 0 spiro atoms. The van der Waals surface area contributed by atoms with Gasteiger partial charge in [-0.1, -0.05) is 120 Å². The summed E-state index contributed by atoms with van der Waals surface area (Å²) in [6.45, 7) is 4.07. The number of hydrogen-bond acceptors (Lipinski definition) is 5.